The van der Waals surface area contributed by atoms with Crippen molar-refractivity contribution >= 4 is 27.4 Å². The molecule has 0 aliphatic rings. The summed E-state index contributed by atoms with van der Waals surface area (Å²) in [5, 5.41) is 5.26. The summed E-state index contributed by atoms with van der Waals surface area (Å²) in [6.45, 7) is 6.11. The molecule has 1 heterocycles. The number of benzene rings is 1. The van der Waals surface area contributed by atoms with E-state index in [9.17, 15) is 22.0 Å². The summed E-state index contributed by atoms with van der Waals surface area (Å²) in [5.74, 6) is -1.93. The highest BCUT2D eigenvalue weighted by molar-refractivity contribution is 7.91. The summed E-state index contributed by atoms with van der Waals surface area (Å²) in [4.78, 5) is 12.7. The maximum atomic E-state index is 13.3. The average molecular weight is 432 g/mol. The third-order valence-corrected chi connectivity index (χ3v) is 7.75. The lowest BCUT2D eigenvalue weighted by atomic mass is 10.1. The van der Waals surface area contributed by atoms with Gasteiger partial charge in [0.05, 0.1) is 12.6 Å². The first-order valence-electron chi connectivity index (χ1n) is 8.77. The van der Waals surface area contributed by atoms with Crippen LogP contribution in [0.5, 0.6) is 0 Å². The number of thiophene rings is 1. The minimum absolute atomic E-state index is 0.148. The van der Waals surface area contributed by atoms with Gasteiger partial charge in [0.15, 0.2) is 11.6 Å². The molecule has 0 saturated heterocycles. The van der Waals surface area contributed by atoms with Gasteiger partial charge in [-0.1, -0.05) is 19.9 Å². The molecular formula is C18H23F2N3O3S2. The molecule has 0 aliphatic carbocycles. The molecule has 0 bridgehead atoms. The van der Waals surface area contributed by atoms with Crippen LogP contribution in [0.4, 0.5) is 13.6 Å². The third-order valence-electron chi connectivity index (χ3n) is 4.15. The molecule has 28 heavy (non-hydrogen) atoms. The lowest BCUT2D eigenvalue weighted by Gasteiger charge is -2.16. The van der Waals surface area contributed by atoms with Gasteiger partial charge in [-0.05, 0) is 36.8 Å². The van der Waals surface area contributed by atoms with Crippen molar-refractivity contribution in [2.45, 2.75) is 37.6 Å². The van der Waals surface area contributed by atoms with Gasteiger partial charge in [-0.2, -0.15) is 4.31 Å². The van der Waals surface area contributed by atoms with Crippen molar-refractivity contribution in [3.05, 3.63) is 52.4 Å². The van der Waals surface area contributed by atoms with Crippen molar-refractivity contribution in [3.63, 3.8) is 0 Å². The summed E-state index contributed by atoms with van der Waals surface area (Å²) < 4.78 is 52.8. The zero-order valence-electron chi connectivity index (χ0n) is 15.8. The Labute approximate surface area is 167 Å². The lowest BCUT2D eigenvalue weighted by Crippen LogP contribution is -2.36. The second-order valence-corrected chi connectivity index (χ2v) is 9.37. The maximum absolute atomic E-state index is 13.3. The van der Waals surface area contributed by atoms with E-state index < -0.39 is 33.7 Å². The Bertz CT molecular complexity index is 928. The van der Waals surface area contributed by atoms with Crippen LogP contribution in [-0.2, 0) is 16.6 Å². The predicted octanol–water partition coefficient (Wildman–Crippen LogP) is 3.62. The molecule has 154 valence electrons. The van der Waals surface area contributed by atoms with E-state index in [2.05, 4.69) is 10.6 Å². The zero-order valence-corrected chi connectivity index (χ0v) is 17.5. The zero-order chi connectivity index (χ0) is 20.9. The highest BCUT2D eigenvalue weighted by atomic mass is 32.2. The number of amides is 2. The minimum Gasteiger partial charge on any atom is -0.333 e. The van der Waals surface area contributed by atoms with Gasteiger partial charge in [0.1, 0.15) is 4.21 Å². The van der Waals surface area contributed by atoms with Gasteiger partial charge in [0.2, 0.25) is 0 Å². The molecule has 0 saturated carbocycles. The molecule has 1 atom stereocenters. The fraction of sp³-hybridized carbons (Fsp3) is 0.389. The average Bonchev–Trinajstić information content (AvgIpc) is 3.13. The number of halogens is 2. The molecule has 2 N–H and O–H groups in total. The molecule has 1 unspecified atom stereocenters. The van der Waals surface area contributed by atoms with E-state index in [0.29, 0.717) is 23.5 Å². The molecule has 1 aromatic carbocycles. The molecule has 6 nitrogen and oxygen atoms in total. The highest BCUT2D eigenvalue weighted by Gasteiger charge is 2.23. The molecule has 1 aromatic heterocycles. The van der Waals surface area contributed by atoms with Gasteiger partial charge in [0, 0.05) is 18.0 Å². The van der Waals surface area contributed by atoms with Crippen LogP contribution in [0, 0.1) is 11.6 Å². The van der Waals surface area contributed by atoms with Crippen LogP contribution in [0.2, 0.25) is 0 Å². The van der Waals surface area contributed by atoms with Crippen molar-refractivity contribution in [2.24, 2.45) is 0 Å². The van der Waals surface area contributed by atoms with Gasteiger partial charge >= 0.3 is 6.03 Å². The fourth-order valence-corrected chi connectivity index (χ4v) is 5.47. The van der Waals surface area contributed by atoms with Crippen LogP contribution in [0.15, 0.2) is 34.5 Å². The standard InChI is InChI=1S/C18H23F2N3O3S2/c1-4-23(5-2)28(25,26)17-9-7-14(27-17)11-21-18(24)22-12(3)13-6-8-15(19)16(20)10-13/h6-10,12H,4-5,11H2,1-3H3,(H2,21,22,24). The summed E-state index contributed by atoms with van der Waals surface area (Å²) >= 11 is 1.10. The molecule has 0 aliphatic heterocycles. The van der Waals surface area contributed by atoms with Gasteiger partial charge in [-0.15, -0.1) is 11.3 Å². The maximum Gasteiger partial charge on any atom is 0.315 e. The minimum atomic E-state index is -3.52. The Kier molecular flexibility index (Phi) is 7.50. The second-order valence-electron chi connectivity index (χ2n) is 6.03. The van der Waals surface area contributed by atoms with E-state index in [1.54, 1.807) is 26.8 Å². The number of nitrogens with one attached hydrogen (secondary N) is 2. The smallest absolute Gasteiger partial charge is 0.315 e. The van der Waals surface area contributed by atoms with Gasteiger partial charge in [-0.3, -0.25) is 0 Å². The lowest BCUT2D eigenvalue weighted by molar-refractivity contribution is 0.237. The first-order valence-corrected chi connectivity index (χ1v) is 11.0. The van der Waals surface area contributed by atoms with Crippen molar-refractivity contribution in [2.75, 3.05) is 13.1 Å². The first-order chi connectivity index (χ1) is 13.2. The fourth-order valence-electron chi connectivity index (χ4n) is 2.56. The summed E-state index contributed by atoms with van der Waals surface area (Å²) in [6, 6.07) is 5.58. The monoisotopic (exact) mass is 431 g/mol. The molecule has 0 radical (unpaired) electrons. The number of carbonyl (C=O) groups is 1. The van der Waals surface area contributed by atoms with Crippen LogP contribution in [-0.4, -0.2) is 31.8 Å². The second kappa shape index (κ2) is 9.44. The largest absolute Gasteiger partial charge is 0.333 e. The molecule has 10 heteroatoms. The Morgan fingerprint density at radius 3 is 2.43 bits per heavy atom. The Hall–Kier alpha value is -2.04. The molecule has 2 rings (SSSR count). The Morgan fingerprint density at radius 2 is 1.82 bits per heavy atom. The van der Waals surface area contributed by atoms with E-state index >= 15 is 0 Å². The normalized spacial score (nSPS) is 12.8. The quantitative estimate of drug-likeness (QED) is 0.670. The van der Waals surface area contributed by atoms with Crippen LogP contribution in [0.25, 0.3) is 0 Å². The predicted molar refractivity (Wildman–Crippen MR) is 105 cm³/mol. The third kappa shape index (κ3) is 5.27. The van der Waals surface area contributed by atoms with Gasteiger partial charge in [0.25, 0.3) is 10.0 Å². The SMILES string of the molecule is CCN(CC)S(=O)(=O)c1ccc(CNC(=O)NC(C)c2ccc(F)c(F)c2)s1. The number of sulfonamides is 1. The number of urea groups is 1. The van der Waals surface area contributed by atoms with Crippen molar-refractivity contribution in [3.8, 4) is 0 Å². The van der Waals surface area contributed by atoms with E-state index in [4.69, 9.17) is 0 Å². The number of carbonyl (C=O) groups excluding carboxylic acids is 1. The van der Waals surface area contributed by atoms with E-state index in [-0.39, 0.29) is 10.8 Å². The summed E-state index contributed by atoms with van der Waals surface area (Å²) in [6.07, 6.45) is 0. The van der Waals surface area contributed by atoms with Crippen molar-refractivity contribution < 1.29 is 22.0 Å². The topological polar surface area (TPSA) is 78.5 Å². The number of nitrogens with zero attached hydrogens (tertiary/aromatic N) is 1. The Morgan fingerprint density at radius 1 is 1.14 bits per heavy atom. The van der Waals surface area contributed by atoms with Crippen molar-refractivity contribution in [1.29, 1.82) is 0 Å². The highest BCUT2D eigenvalue weighted by Crippen LogP contribution is 2.25. The number of rotatable bonds is 8. The van der Waals surface area contributed by atoms with E-state index in [1.165, 1.54) is 16.4 Å². The summed E-state index contributed by atoms with van der Waals surface area (Å²) in [5.41, 5.74) is 0.428. The van der Waals surface area contributed by atoms with Crippen LogP contribution in [0.1, 0.15) is 37.3 Å². The number of hydrogen-bond acceptors (Lipinski definition) is 4. The number of hydrogen-bond donors (Lipinski definition) is 2. The molecular weight excluding hydrogens is 408 g/mol. The van der Waals surface area contributed by atoms with Gasteiger partial charge in [-0.25, -0.2) is 22.0 Å². The molecule has 0 fully saturated rings. The van der Waals surface area contributed by atoms with Gasteiger partial charge < -0.3 is 10.6 Å². The van der Waals surface area contributed by atoms with Crippen LogP contribution < -0.4 is 10.6 Å². The van der Waals surface area contributed by atoms with Crippen LogP contribution in [0.3, 0.4) is 0 Å². The first kappa shape index (κ1) is 22.3. The Balaban J connectivity index is 1.94. The molecule has 2 amide bonds. The van der Waals surface area contributed by atoms with E-state index in [1.807, 2.05) is 0 Å². The molecule has 0 spiro atoms. The molecule has 2 aromatic rings. The van der Waals surface area contributed by atoms with Crippen molar-refractivity contribution in [1.82, 2.24) is 14.9 Å². The van der Waals surface area contributed by atoms with Crippen LogP contribution >= 0.6 is 11.3 Å². The van der Waals surface area contributed by atoms with E-state index in [0.717, 1.165) is 23.5 Å². The summed E-state index contributed by atoms with van der Waals surface area (Å²) in [7, 11) is -3.52.